The van der Waals surface area contributed by atoms with Crippen LogP contribution in [0.4, 0.5) is 0 Å². The smallest absolute Gasteiger partial charge is 0.327 e. The van der Waals surface area contributed by atoms with E-state index in [4.69, 9.17) is 28.0 Å². The predicted octanol–water partition coefficient (Wildman–Crippen LogP) is 3.35. The Balaban J connectivity index is 1.52. The van der Waals surface area contributed by atoms with Crippen LogP contribution in [-0.2, 0) is 9.63 Å². The van der Waals surface area contributed by atoms with Gasteiger partial charge in [-0.15, -0.1) is 0 Å². The molecule has 0 radical (unpaired) electrons. The van der Waals surface area contributed by atoms with Crippen LogP contribution in [0.15, 0.2) is 42.5 Å². The Bertz CT molecular complexity index is 1000. The minimum Gasteiger partial charge on any atom is -0.327 e. The largest absolute Gasteiger partial charge is 0.355 e. The van der Waals surface area contributed by atoms with Crippen LogP contribution >= 0.6 is 23.2 Å². The zero-order chi connectivity index (χ0) is 20.7. The lowest BCUT2D eigenvalue weighted by molar-refractivity contribution is -0.173. The highest BCUT2D eigenvalue weighted by Crippen LogP contribution is 2.27. The maximum Gasteiger partial charge on any atom is 0.355 e. The van der Waals surface area contributed by atoms with Gasteiger partial charge in [-0.1, -0.05) is 40.4 Å². The van der Waals surface area contributed by atoms with Crippen LogP contribution in [0.3, 0.4) is 0 Å². The molecule has 148 valence electrons. The molecule has 7 nitrogen and oxygen atoms in total. The van der Waals surface area contributed by atoms with Crippen LogP contribution in [0.5, 0.6) is 0 Å². The Morgan fingerprint density at radius 3 is 2.14 bits per heavy atom. The van der Waals surface area contributed by atoms with E-state index in [-0.39, 0.29) is 16.7 Å². The van der Waals surface area contributed by atoms with Gasteiger partial charge in [-0.3, -0.25) is 14.4 Å². The van der Waals surface area contributed by atoms with Gasteiger partial charge in [0.15, 0.2) is 0 Å². The fourth-order valence-electron chi connectivity index (χ4n) is 3.50. The number of carbonyl (C=O) groups excluding carboxylic acids is 4. The molecule has 1 fully saturated rings. The van der Waals surface area contributed by atoms with Crippen molar-refractivity contribution in [2.45, 2.75) is 18.9 Å². The van der Waals surface area contributed by atoms with Gasteiger partial charge < -0.3 is 9.74 Å². The third kappa shape index (κ3) is 3.47. The molecule has 0 aromatic heterocycles. The number of nitrogens with zero attached hydrogens (tertiary/aromatic N) is 2. The molecule has 1 saturated heterocycles. The van der Waals surface area contributed by atoms with Crippen molar-refractivity contribution in [2.24, 2.45) is 0 Å². The van der Waals surface area contributed by atoms with Gasteiger partial charge in [-0.05, 0) is 43.2 Å². The SMILES string of the molecule is O=C(ON1C(=O)c2ccccc2C1=O)C1CCCN1C(=O)c1cc(Cl)cc(Cl)c1. The average Bonchev–Trinajstić information content (AvgIpc) is 3.27. The van der Waals surface area contributed by atoms with Crippen LogP contribution in [0, 0.1) is 0 Å². The van der Waals surface area contributed by atoms with Gasteiger partial charge in [0.25, 0.3) is 17.7 Å². The molecule has 0 spiro atoms. The number of carbonyl (C=O) groups is 4. The molecule has 2 heterocycles. The number of amides is 3. The van der Waals surface area contributed by atoms with E-state index in [2.05, 4.69) is 0 Å². The summed E-state index contributed by atoms with van der Waals surface area (Å²) in [6, 6.07) is 9.68. The molecule has 0 aliphatic carbocycles. The van der Waals surface area contributed by atoms with Crippen LogP contribution in [-0.4, -0.2) is 46.2 Å². The highest BCUT2D eigenvalue weighted by molar-refractivity contribution is 6.35. The molecule has 1 unspecified atom stereocenters. The second-order valence-electron chi connectivity index (χ2n) is 6.68. The summed E-state index contributed by atoms with van der Waals surface area (Å²) >= 11 is 11.9. The first-order valence-corrected chi connectivity index (χ1v) is 9.59. The number of likely N-dealkylation sites (tertiary alicyclic amines) is 1. The van der Waals surface area contributed by atoms with E-state index in [1.165, 1.54) is 35.2 Å². The van der Waals surface area contributed by atoms with Crippen LogP contribution in [0.25, 0.3) is 0 Å². The topological polar surface area (TPSA) is 84.0 Å². The van der Waals surface area contributed by atoms with Gasteiger partial charge in [-0.2, -0.15) is 0 Å². The van der Waals surface area contributed by atoms with Gasteiger partial charge in [0, 0.05) is 22.2 Å². The van der Waals surface area contributed by atoms with E-state index >= 15 is 0 Å². The van der Waals surface area contributed by atoms with Gasteiger partial charge in [0.2, 0.25) is 0 Å². The fraction of sp³-hybridized carbons (Fsp3) is 0.200. The third-order valence-electron chi connectivity index (χ3n) is 4.83. The number of hydrogen-bond acceptors (Lipinski definition) is 5. The van der Waals surface area contributed by atoms with E-state index in [0.717, 1.165) is 0 Å². The van der Waals surface area contributed by atoms with E-state index in [1.54, 1.807) is 12.1 Å². The minimum atomic E-state index is -0.926. The number of hydrogen-bond donors (Lipinski definition) is 0. The highest BCUT2D eigenvalue weighted by Gasteiger charge is 2.42. The monoisotopic (exact) mass is 432 g/mol. The number of fused-ring (bicyclic) bond motifs is 1. The first-order chi connectivity index (χ1) is 13.9. The van der Waals surface area contributed by atoms with Crippen molar-refractivity contribution in [3.05, 3.63) is 69.2 Å². The first kappa shape index (κ1) is 19.4. The van der Waals surface area contributed by atoms with E-state index in [0.29, 0.717) is 34.5 Å². The second-order valence-corrected chi connectivity index (χ2v) is 7.55. The van der Waals surface area contributed by atoms with Gasteiger partial charge >= 0.3 is 5.97 Å². The summed E-state index contributed by atoms with van der Waals surface area (Å²) < 4.78 is 0. The van der Waals surface area contributed by atoms with Crippen LogP contribution in [0.2, 0.25) is 10.0 Å². The zero-order valence-electron chi connectivity index (χ0n) is 14.9. The number of halogens is 2. The molecule has 2 aliphatic heterocycles. The molecule has 2 aromatic rings. The average molecular weight is 433 g/mol. The van der Waals surface area contributed by atoms with Crippen molar-refractivity contribution in [1.82, 2.24) is 9.96 Å². The zero-order valence-corrected chi connectivity index (χ0v) is 16.4. The predicted molar refractivity (Wildman–Crippen MR) is 104 cm³/mol. The molecule has 4 rings (SSSR count). The summed E-state index contributed by atoms with van der Waals surface area (Å²) in [5.41, 5.74) is 0.569. The lowest BCUT2D eigenvalue weighted by Gasteiger charge is -2.24. The van der Waals surface area contributed by atoms with Crippen molar-refractivity contribution in [2.75, 3.05) is 6.54 Å². The van der Waals surface area contributed by atoms with E-state index < -0.39 is 29.7 Å². The summed E-state index contributed by atoms with van der Waals surface area (Å²) in [4.78, 5) is 56.8. The quantitative estimate of drug-likeness (QED) is 0.694. The highest BCUT2D eigenvalue weighted by atomic mass is 35.5. The number of rotatable bonds is 3. The molecule has 29 heavy (non-hydrogen) atoms. The lowest BCUT2D eigenvalue weighted by atomic mass is 10.1. The van der Waals surface area contributed by atoms with Gasteiger partial charge in [0.05, 0.1) is 11.1 Å². The number of benzene rings is 2. The minimum absolute atomic E-state index is 0.165. The molecule has 0 bridgehead atoms. The molecule has 3 amide bonds. The summed E-state index contributed by atoms with van der Waals surface area (Å²) in [6.45, 7) is 0.324. The molecule has 2 aromatic carbocycles. The van der Waals surface area contributed by atoms with Crippen molar-refractivity contribution in [3.8, 4) is 0 Å². The number of hydroxylamine groups is 2. The second kappa shape index (κ2) is 7.50. The molecule has 9 heteroatoms. The Hall–Kier alpha value is -2.90. The molecule has 0 saturated carbocycles. The Labute approximate surface area is 175 Å². The summed E-state index contributed by atoms with van der Waals surface area (Å²) in [7, 11) is 0. The molecular formula is C20H14Cl2N2O5. The van der Waals surface area contributed by atoms with Crippen molar-refractivity contribution in [3.63, 3.8) is 0 Å². The van der Waals surface area contributed by atoms with Crippen molar-refractivity contribution >= 4 is 46.9 Å². The Kier molecular flexibility index (Phi) is 5.02. The summed E-state index contributed by atoms with van der Waals surface area (Å²) in [6.07, 6.45) is 0.921. The molecule has 2 aliphatic rings. The van der Waals surface area contributed by atoms with Crippen LogP contribution < -0.4 is 0 Å². The Morgan fingerprint density at radius 2 is 1.55 bits per heavy atom. The lowest BCUT2D eigenvalue weighted by Crippen LogP contribution is -2.44. The standard InChI is InChI=1S/C20H14Cl2N2O5/c21-12-8-11(9-13(22)10-12)17(25)23-7-3-6-16(23)20(28)29-24-18(26)14-4-1-2-5-15(14)19(24)27/h1-2,4-5,8-10,16H,3,6-7H2. The normalized spacial score (nSPS) is 18.2. The number of imide groups is 1. The van der Waals surface area contributed by atoms with Crippen LogP contribution in [0.1, 0.15) is 43.9 Å². The summed E-state index contributed by atoms with van der Waals surface area (Å²) in [5, 5.41) is 1.04. The van der Waals surface area contributed by atoms with E-state index in [1.807, 2.05) is 0 Å². The first-order valence-electron chi connectivity index (χ1n) is 8.83. The third-order valence-corrected chi connectivity index (χ3v) is 5.27. The van der Waals surface area contributed by atoms with E-state index in [9.17, 15) is 19.2 Å². The Morgan fingerprint density at radius 1 is 0.966 bits per heavy atom. The fourth-order valence-corrected chi connectivity index (χ4v) is 4.02. The van der Waals surface area contributed by atoms with Crippen molar-refractivity contribution in [1.29, 1.82) is 0 Å². The van der Waals surface area contributed by atoms with Gasteiger partial charge in [0.1, 0.15) is 6.04 Å². The maximum absolute atomic E-state index is 12.9. The molecular weight excluding hydrogens is 419 g/mol. The summed E-state index contributed by atoms with van der Waals surface area (Å²) in [5.74, 6) is -2.71. The van der Waals surface area contributed by atoms with Crippen molar-refractivity contribution < 1.29 is 24.0 Å². The maximum atomic E-state index is 12.9. The van der Waals surface area contributed by atoms with Gasteiger partial charge in [-0.25, -0.2) is 4.79 Å². The molecule has 1 atom stereocenters. The molecule has 0 N–H and O–H groups in total.